The Balaban J connectivity index is 1.61. The van der Waals surface area contributed by atoms with Crippen molar-refractivity contribution in [1.82, 2.24) is 4.98 Å². The fraction of sp³-hybridized carbons (Fsp3) is 0.346. The van der Waals surface area contributed by atoms with E-state index in [0.717, 1.165) is 22.7 Å². The van der Waals surface area contributed by atoms with Gasteiger partial charge in [-0.15, -0.1) is 11.3 Å². The molecular weight excluding hydrogens is 436 g/mol. The number of nitrogens with zero attached hydrogens (tertiary/aromatic N) is 2. The van der Waals surface area contributed by atoms with Crippen LogP contribution in [0, 0.1) is 0 Å². The van der Waals surface area contributed by atoms with Crippen molar-refractivity contribution in [1.29, 1.82) is 0 Å². The standard InChI is InChI=1S/C26H28N2O4S/c1-16(2)18-5-7-19(8-6-18)23(29)14-28-22-13-20(9-10-24(22)32-17(3)26(28)30)21-15-33-25(27-21)11-12-31-4/h5-10,13,15-17H,11-12,14H2,1-4H3. The smallest absolute Gasteiger partial charge is 0.268 e. The molecule has 4 rings (SSSR count). The van der Waals surface area contributed by atoms with Gasteiger partial charge in [-0.25, -0.2) is 4.98 Å². The van der Waals surface area contributed by atoms with Crippen LogP contribution in [0.25, 0.3) is 11.3 Å². The number of methoxy groups -OCH3 is 1. The lowest BCUT2D eigenvalue weighted by Gasteiger charge is -2.33. The highest BCUT2D eigenvalue weighted by molar-refractivity contribution is 7.09. The third-order valence-electron chi connectivity index (χ3n) is 5.74. The van der Waals surface area contributed by atoms with Crippen molar-refractivity contribution in [3.63, 3.8) is 0 Å². The fourth-order valence-electron chi connectivity index (χ4n) is 3.77. The molecule has 3 aromatic rings. The highest BCUT2D eigenvalue weighted by Crippen LogP contribution is 2.38. The molecule has 1 atom stereocenters. The minimum absolute atomic E-state index is 0.0415. The maximum Gasteiger partial charge on any atom is 0.268 e. The Kier molecular flexibility index (Phi) is 6.91. The second-order valence-corrected chi connectivity index (χ2v) is 9.38. The Morgan fingerprint density at radius 2 is 1.97 bits per heavy atom. The van der Waals surface area contributed by atoms with Crippen molar-refractivity contribution >= 4 is 28.7 Å². The maximum atomic E-state index is 13.1. The number of amides is 1. The molecule has 0 aliphatic carbocycles. The van der Waals surface area contributed by atoms with E-state index in [4.69, 9.17) is 9.47 Å². The molecule has 0 spiro atoms. The summed E-state index contributed by atoms with van der Waals surface area (Å²) in [5.74, 6) is 0.635. The summed E-state index contributed by atoms with van der Waals surface area (Å²) in [4.78, 5) is 32.3. The van der Waals surface area contributed by atoms with Crippen molar-refractivity contribution in [3.05, 3.63) is 64.0 Å². The summed E-state index contributed by atoms with van der Waals surface area (Å²) in [5, 5.41) is 2.98. The van der Waals surface area contributed by atoms with Crippen LogP contribution in [0.2, 0.25) is 0 Å². The molecule has 0 saturated heterocycles. The van der Waals surface area contributed by atoms with E-state index in [1.165, 1.54) is 10.5 Å². The first-order valence-electron chi connectivity index (χ1n) is 11.1. The van der Waals surface area contributed by atoms with Crippen molar-refractivity contribution in [2.24, 2.45) is 0 Å². The van der Waals surface area contributed by atoms with Crippen molar-refractivity contribution in [2.75, 3.05) is 25.2 Å². The molecular formula is C26H28N2O4S. The first-order chi connectivity index (χ1) is 15.9. The fourth-order valence-corrected chi connectivity index (χ4v) is 4.55. The van der Waals surface area contributed by atoms with E-state index in [-0.39, 0.29) is 18.2 Å². The number of fused-ring (bicyclic) bond motifs is 1. The van der Waals surface area contributed by atoms with Gasteiger partial charge in [0.1, 0.15) is 5.75 Å². The number of hydrogen-bond acceptors (Lipinski definition) is 6. The van der Waals surface area contributed by atoms with Crippen LogP contribution in [0.3, 0.4) is 0 Å². The molecule has 1 aromatic heterocycles. The minimum atomic E-state index is -0.653. The number of ketones is 1. The Hall–Kier alpha value is -3.03. The number of benzene rings is 2. The molecule has 0 fully saturated rings. The number of anilines is 1. The third-order valence-corrected chi connectivity index (χ3v) is 6.64. The molecule has 172 valence electrons. The Bertz CT molecular complexity index is 1150. The van der Waals surface area contributed by atoms with E-state index in [1.807, 2.05) is 47.8 Å². The van der Waals surface area contributed by atoms with Crippen LogP contribution in [0.15, 0.2) is 47.8 Å². The van der Waals surface area contributed by atoms with Gasteiger partial charge in [0.2, 0.25) is 0 Å². The van der Waals surface area contributed by atoms with E-state index in [2.05, 4.69) is 18.8 Å². The second-order valence-electron chi connectivity index (χ2n) is 8.44. The predicted octanol–water partition coefficient (Wildman–Crippen LogP) is 5.12. The minimum Gasteiger partial charge on any atom is -0.479 e. The SMILES string of the molecule is COCCc1nc(-c2ccc3c(c2)N(CC(=O)c2ccc(C(C)C)cc2)C(=O)C(C)O3)cs1. The van der Waals surface area contributed by atoms with Crippen LogP contribution in [0.5, 0.6) is 5.75 Å². The number of carbonyl (C=O) groups excluding carboxylic acids is 2. The quantitative estimate of drug-likeness (QED) is 0.433. The highest BCUT2D eigenvalue weighted by Gasteiger charge is 2.33. The molecule has 33 heavy (non-hydrogen) atoms. The number of thiazole rings is 1. The lowest BCUT2D eigenvalue weighted by Crippen LogP contribution is -2.46. The Morgan fingerprint density at radius 3 is 2.67 bits per heavy atom. The summed E-state index contributed by atoms with van der Waals surface area (Å²) in [6, 6.07) is 13.3. The summed E-state index contributed by atoms with van der Waals surface area (Å²) in [6.07, 6.45) is 0.0981. The summed E-state index contributed by atoms with van der Waals surface area (Å²) in [7, 11) is 1.67. The average Bonchev–Trinajstić information content (AvgIpc) is 3.29. The van der Waals surface area contributed by atoms with E-state index < -0.39 is 6.10 Å². The van der Waals surface area contributed by atoms with E-state index in [1.54, 1.807) is 25.4 Å². The van der Waals surface area contributed by atoms with Crippen LogP contribution >= 0.6 is 11.3 Å². The van der Waals surface area contributed by atoms with Gasteiger partial charge in [0, 0.05) is 30.0 Å². The topological polar surface area (TPSA) is 68.7 Å². The van der Waals surface area contributed by atoms with Gasteiger partial charge in [0.15, 0.2) is 11.9 Å². The second kappa shape index (κ2) is 9.85. The van der Waals surface area contributed by atoms with Gasteiger partial charge >= 0.3 is 0 Å². The van der Waals surface area contributed by atoms with Gasteiger partial charge in [-0.3, -0.25) is 14.5 Å². The maximum absolute atomic E-state index is 13.1. The molecule has 0 radical (unpaired) electrons. The van der Waals surface area contributed by atoms with Crippen LogP contribution in [0.4, 0.5) is 5.69 Å². The van der Waals surface area contributed by atoms with Gasteiger partial charge in [0.05, 0.1) is 29.5 Å². The van der Waals surface area contributed by atoms with Crippen LogP contribution < -0.4 is 9.64 Å². The van der Waals surface area contributed by atoms with Gasteiger partial charge in [0.25, 0.3) is 5.91 Å². The van der Waals surface area contributed by atoms with Crippen LogP contribution in [-0.4, -0.2) is 43.0 Å². The molecule has 2 heterocycles. The number of Topliss-reactive ketones (excluding diaryl/α,β-unsaturated/α-hetero) is 1. The number of ether oxygens (including phenoxy) is 2. The van der Waals surface area contributed by atoms with Gasteiger partial charge in [-0.2, -0.15) is 0 Å². The van der Waals surface area contributed by atoms with Crippen molar-refractivity contribution < 1.29 is 19.1 Å². The zero-order valence-electron chi connectivity index (χ0n) is 19.3. The monoisotopic (exact) mass is 464 g/mol. The molecule has 1 unspecified atom stereocenters. The van der Waals surface area contributed by atoms with E-state index in [0.29, 0.717) is 29.5 Å². The third kappa shape index (κ3) is 4.99. The van der Waals surface area contributed by atoms with E-state index in [9.17, 15) is 9.59 Å². The molecule has 1 amide bonds. The summed E-state index contributed by atoms with van der Waals surface area (Å²) in [6.45, 7) is 6.51. The highest BCUT2D eigenvalue weighted by atomic mass is 32.1. The van der Waals surface area contributed by atoms with Gasteiger partial charge in [-0.1, -0.05) is 38.1 Å². The molecule has 0 bridgehead atoms. The number of hydrogen-bond donors (Lipinski definition) is 0. The normalized spacial score (nSPS) is 15.5. The Morgan fingerprint density at radius 1 is 1.21 bits per heavy atom. The average molecular weight is 465 g/mol. The molecule has 2 aromatic carbocycles. The number of rotatable bonds is 8. The molecule has 6 nitrogen and oxygen atoms in total. The summed E-state index contributed by atoms with van der Waals surface area (Å²) in [5.41, 5.74) is 4.06. The molecule has 1 aliphatic heterocycles. The molecule has 0 saturated carbocycles. The lowest BCUT2D eigenvalue weighted by atomic mass is 10.00. The van der Waals surface area contributed by atoms with Crippen molar-refractivity contribution in [2.45, 2.75) is 39.2 Å². The first kappa shape index (κ1) is 23.1. The molecule has 0 N–H and O–H groups in total. The van der Waals surface area contributed by atoms with Gasteiger partial charge in [-0.05, 0) is 36.6 Å². The largest absolute Gasteiger partial charge is 0.479 e. The van der Waals surface area contributed by atoms with Crippen LogP contribution in [-0.2, 0) is 16.0 Å². The zero-order chi connectivity index (χ0) is 23.5. The molecule has 1 aliphatic rings. The number of carbonyl (C=O) groups is 2. The van der Waals surface area contributed by atoms with Crippen molar-refractivity contribution in [3.8, 4) is 17.0 Å². The van der Waals surface area contributed by atoms with Gasteiger partial charge < -0.3 is 9.47 Å². The number of aromatic nitrogens is 1. The van der Waals surface area contributed by atoms with E-state index >= 15 is 0 Å². The zero-order valence-corrected chi connectivity index (χ0v) is 20.1. The Labute approximate surface area is 198 Å². The van der Waals surface area contributed by atoms with Crippen LogP contribution in [0.1, 0.15) is 47.6 Å². The first-order valence-corrected chi connectivity index (χ1v) is 11.9. The molecule has 7 heteroatoms. The predicted molar refractivity (Wildman–Crippen MR) is 130 cm³/mol. The lowest BCUT2D eigenvalue weighted by molar-refractivity contribution is -0.125. The summed E-state index contributed by atoms with van der Waals surface area (Å²) >= 11 is 1.58. The summed E-state index contributed by atoms with van der Waals surface area (Å²) < 4.78 is 11.0.